The van der Waals surface area contributed by atoms with E-state index in [0.29, 0.717) is 10.0 Å². The van der Waals surface area contributed by atoms with Crippen LogP contribution in [0.5, 0.6) is 0 Å². The molecule has 0 aliphatic heterocycles. The molecule has 134 valence electrons. The van der Waals surface area contributed by atoms with Crippen LogP contribution < -0.4 is 0 Å². The number of benzene rings is 4. The molecule has 0 spiro atoms. The van der Waals surface area contributed by atoms with Crippen molar-refractivity contribution in [2.45, 2.75) is 0 Å². The Morgan fingerprint density at radius 3 is 2.21 bits per heavy atom. The third-order valence-corrected chi connectivity index (χ3v) is 5.74. The number of rotatable bonds is 2. The Balaban J connectivity index is 1.88. The van der Waals surface area contributed by atoms with Crippen molar-refractivity contribution in [3.05, 3.63) is 101 Å². The maximum atomic E-state index is 6.26. The number of nitrogens with zero attached hydrogens (tertiary/aromatic N) is 1. The van der Waals surface area contributed by atoms with Gasteiger partial charge in [-0.2, -0.15) is 0 Å². The van der Waals surface area contributed by atoms with E-state index in [0.717, 1.165) is 33.3 Å². The van der Waals surface area contributed by atoms with Crippen LogP contribution in [-0.4, -0.2) is 4.98 Å². The number of hydrogen-bond donors (Lipinski definition) is 0. The van der Waals surface area contributed by atoms with Crippen molar-refractivity contribution in [1.29, 1.82) is 0 Å². The highest BCUT2D eigenvalue weighted by atomic mass is 35.5. The monoisotopic (exact) mass is 399 g/mol. The molecule has 0 amide bonds. The summed E-state index contributed by atoms with van der Waals surface area (Å²) in [5.41, 5.74) is 5.10. The van der Waals surface area contributed by atoms with Gasteiger partial charge in [-0.25, -0.2) is 4.98 Å². The summed E-state index contributed by atoms with van der Waals surface area (Å²) in [4.78, 5) is 4.95. The Morgan fingerprint density at radius 2 is 1.39 bits per heavy atom. The summed E-state index contributed by atoms with van der Waals surface area (Å²) in [6.45, 7) is 0. The van der Waals surface area contributed by atoms with E-state index >= 15 is 0 Å². The minimum absolute atomic E-state index is 0.529. The summed E-state index contributed by atoms with van der Waals surface area (Å²) < 4.78 is 0. The van der Waals surface area contributed by atoms with Crippen molar-refractivity contribution >= 4 is 44.9 Å². The van der Waals surface area contributed by atoms with Crippen LogP contribution >= 0.6 is 23.2 Å². The lowest BCUT2D eigenvalue weighted by atomic mass is 9.94. The van der Waals surface area contributed by atoms with Gasteiger partial charge in [-0.15, -0.1) is 0 Å². The van der Waals surface area contributed by atoms with Gasteiger partial charge >= 0.3 is 0 Å². The molecule has 0 bridgehead atoms. The minimum atomic E-state index is 0.529. The lowest BCUT2D eigenvalue weighted by Crippen LogP contribution is -1.91. The Morgan fingerprint density at radius 1 is 0.607 bits per heavy atom. The molecule has 0 aliphatic rings. The molecule has 0 saturated heterocycles. The molecule has 3 heteroatoms. The first-order valence-electron chi connectivity index (χ1n) is 9.04. The second kappa shape index (κ2) is 6.94. The van der Waals surface area contributed by atoms with E-state index in [1.807, 2.05) is 24.3 Å². The van der Waals surface area contributed by atoms with Crippen LogP contribution in [0.15, 0.2) is 91.0 Å². The fraction of sp³-hybridized carbons (Fsp3) is 0. The topological polar surface area (TPSA) is 12.9 Å². The van der Waals surface area contributed by atoms with Crippen molar-refractivity contribution < 1.29 is 0 Å². The molecule has 5 rings (SSSR count). The molecule has 1 nitrogen and oxygen atoms in total. The van der Waals surface area contributed by atoms with Gasteiger partial charge in [-0.3, -0.25) is 0 Å². The SMILES string of the molecule is Clc1ccc(-c2cc(-c3ccccc3)c3c(ccc4ccccc43)n2)cc1Cl. The van der Waals surface area contributed by atoms with Crippen LogP contribution in [0.1, 0.15) is 0 Å². The van der Waals surface area contributed by atoms with Crippen LogP contribution in [0, 0.1) is 0 Å². The van der Waals surface area contributed by atoms with Gasteiger partial charge in [-0.05, 0) is 46.2 Å². The van der Waals surface area contributed by atoms with Gasteiger partial charge in [0.25, 0.3) is 0 Å². The van der Waals surface area contributed by atoms with Gasteiger partial charge in [0.1, 0.15) is 0 Å². The molecule has 0 radical (unpaired) electrons. The molecule has 0 aliphatic carbocycles. The smallest absolute Gasteiger partial charge is 0.0722 e. The lowest BCUT2D eigenvalue weighted by Gasteiger charge is -2.13. The highest BCUT2D eigenvalue weighted by Gasteiger charge is 2.13. The van der Waals surface area contributed by atoms with E-state index in [-0.39, 0.29) is 0 Å². The molecular formula is C25H15Cl2N. The lowest BCUT2D eigenvalue weighted by molar-refractivity contribution is 1.40. The molecule has 1 aromatic heterocycles. The maximum absolute atomic E-state index is 6.26. The van der Waals surface area contributed by atoms with Crippen molar-refractivity contribution in [3.63, 3.8) is 0 Å². The number of aromatic nitrogens is 1. The molecule has 0 fully saturated rings. The van der Waals surface area contributed by atoms with Crippen molar-refractivity contribution in [2.24, 2.45) is 0 Å². The molecule has 0 saturated carbocycles. The van der Waals surface area contributed by atoms with E-state index in [4.69, 9.17) is 28.2 Å². The van der Waals surface area contributed by atoms with Gasteiger partial charge in [0.2, 0.25) is 0 Å². The Bertz CT molecular complexity index is 1330. The number of hydrogen-bond acceptors (Lipinski definition) is 1. The first kappa shape index (κ1) is 17.2. The van der Waals surface area contributed by atoms with E-state index in [2.05, 4.69) is 66.7 Å². The number of halogens is 2. The maximum Gasteiger partial charge on any atom is 0.0722 e. The minimum Gasteiger partial charge on any atom is -0.248 e. The summed E-state index contributed by atoms with van der Waals surface area (Å²) in [6, 6.07) is 30.8. The van der Waals surface area contributed by atoms with Crippen LogP contribution in [-0.2, 0) is 0 Å². The molecule has 0 unspecified atom stereocenters. The largest absolute Gasteiger partial charge is 0.248 e. The molecule has 1 heterocycles. The molecule has 28 heavy (non-hydrogen) atoms. The predicted molar refractivity (Wildman–Crippen MR) is 120 cm³/mol. The van der Waals surface area contributed by atoms with Crippen LogP contribution in [0.4, 0.5) is 0 Å². The zero-order valence-electron chi connectivity index (χ0n) is 14.9. The summed E-state index contributed by atoms with van der Waals surface area (Å²) in [5.74, 6) is 0. The zero-order chi connectivity index (χ0) is 19.1. The molecule has 4 aromatic carbocycles. The van der Waals surface area contributed by atoms with Gasteiger partial charge in [0.05, 0.1) is 21.3 Å². The van der Waals surface area contributed by atoms with Crippen LogP contribution in [0.2, 0.25) is 10.0 Å². The summed E-state index contributed by atoms with van der Waals surface area (Å²) in [7, 11) is 0. The van der Waals surface area contributed by atoms with Crippen molar-refractivity contribution in [1.82, 2.24) is 4.98 Å². The van der Waals surface area contributed by atoms with Crippen molar-refractivity contribution in [3.8, 4) is 22.4 Å². The number of pyridine rings is 1. The molecule has 0 atom stereocenters. The standard InChI is InChI=1S/C25H15Cl2N/c26-21-12-10-18(14-22(21)27)24-15-20(16-6-2-1-3-7-16)25-19-9-5-4-8-17(19)11-13-23(25)28-24/h1-15H. The molecule has 5 aromatic rings. The van der Waals surface area contributed by atoms with Gasteiger partial charge < -0.3 is 0 Å². The summed E-state index contributed by atoms with van der Waals surface area (Å²) in [5, 5.41) is 4.64. The van der Waals surface area contributed by atoms with E-state index in [9.17, 15) is 0 Å². The Labute approximate surface area is 173 Å². The summed E-state index contributed by atoms with van der Waals surface area (Å²) >= 11 is 12.4. The fourth-order valence-corrected chi connectivity index (χ4v) is 3.95. The Hall–Kier alpha value is -2.87. The van der Waals surface area contributed by atoms with E-state index in [1.165, 1.54) is 10.8 Å². The van der Waals surface area contributed by atoms with E-state index < -0.39 is 0 Å². The number of fused-ring (bicyclic) bond motifs is 3. The highest BCUT2D eigenvalue weighted by Crippen LogP contribution is 2.37. The second-order valence-electron chi connectivity index (χ2n) is 6.73. The zero-order valence-corrected chi connectivity index (χ0v) is 16.4. The third-order valence-electron chi connectivity index (χ3n) is 5.00. The quantitative estimate of drug-likeness (QED) is 0.273. The summed E-state index contributed by atoms with van der Waals surface area (Å²) in [6.07, 6.45) is 0. The normalized spacial score (nSPS) is 11.2. The highest BCUT2D eigenvalue weighted by molar-refractivity contribution is 6.42. The predicted octanol–water partition coefficient (Wildman–Crippen LogP) is 8.03. The van der Waals surface area contributed by atoms with Gasteiger partial charge in [0.15, 0.2) is 0 Å². The van der Waals surface area contributed by atoms with Crippen molar-refractivity contribution in [2.75, 3.05) is 0 Å². The molecule has 0 N–H and O–H groups in total. The first-order chi connectivity index (χ1) is 13.7. The third kappa shape index (κ3) is 2.93. The average molecular weight is 400 g/mol. The fourth-order valence-electron chi connectivity index (χ4n) is 3.66. The van der Waals surface area contributed by atoms with Crippen LogP contribution in [0.3, 0.4) is 0 Å². The first-order valence-corrected chi connectivity index (χ1v) is 9.80. The van der Waals surface area contributed by atoms with Gasteiger partial charge in [0, 0.05) is 10.9 Å². The molecular weight excluding hydrogens is 385 g/mol. The average Bonchev–Trinajstić information content (AvgIpc) is 2.75. The Kier molecular flexibility index (Phi) is 4.27. The van der Waals surface area contributed by atoms with E-state index in [1.54, 1.807) is 0 Å². The van der Waals surface area contributed by atoms with Gasteiger partial charge in [-0.1, -0.05) is 89.9 Å². The van der Waals surface area contributed by atoms with Crippen LogP contribution in [0.25, 0.3) is 44.1 Å². The second-order valence-corrected chi connectivity index (χ2v) is 7.55.